The lowest BCUT2D eigenvalue weighted by molar-refractivity contribution is -0.106. The van der Waals surface area contributed by atoms with Crippen molar-refractivity contribution >= 4 is 11.6 Å². The van der Waals surface area contributed by atoms with Crippen molar-refractivity contribution in [2.45, 2.75) is 44.9 Å². The molecule has 1 saturated carbocycles. The summed E-state index contributed by atoms with van der Waals surface area (Å²) in [7, 11) is 1.97. The Hall–Kier alpha value is -0.770. The molecule has 2 rings (SSSR count). The average molecular weight is 284 g/mol. The Morgan fingerprint density at radius 2 is 2.21 bits per heavy atom. The van der Waals surface area contributed by atoms with Gasteiger partial charge < -0.3 is 14.8 Å². The third kappa shape index (κ3) is 3.41. The van der Waals surface area contributed by atoms with Crippen molar-refractivity contribution in [2.24, 2.45) is 0 Å². The lowest BCUT2D eigenvalue weighted by Gasteiger charge is -2.43. The molecule has 3 nitrogen and oxygen atoms in total. The van der Waals surface area contributed by atoms with Crippen LogP contribution in [0.4, 0.5) is 0 Å². The maximum Gasteiger partial charge on any atom is 0.128 e. The highest BCUT2D eigenvalue weighted by Crippen LogP contribution is 2.31. The monoisotopic (exact) mass is 283 g/mol. The highest BCUT2D eigenvalue weighted by Gasteiger charge is 2.43. The fraction of sp³-hybridized carbons (Fsp3) is 0.600. The number of benzene rings is 1. The van der Waals surface area contributed by atoms with Crippen molar-refractivity contribution in [1.29, 1.82) is 0 Å². The van der Waals surface area contributed by atoms with Gasteiger partial charge in [0, 0.05) is 24.1 Å². The van der Waals surface area contributed by atoms with E-state index in [0.717, 1.165) is 35.8 Å². The second-order valence-corrected chi connectivity index (χ2v) is 5.47. The first kappa shape index (κ1) is 14.6. The van der Waals surface area contributed by atoms with Crippen LogP contribution < -0.4 is 10.1 Å². The number of hydrogen-bond donors (Lipinski definition) is 1. The van der Waals surface area contributed by atoms with Gasteiger partial charge >= 0.3 is 0 Å². The van der Waals surface area contributed by atoms with Crippen LogP contribution in [-0.2, 0) is 4.74 Å². The molecule has 0 spiro atoms. The summed E-state index contributed by atoms with van der Waals surface area (Å²) in [5.41, 5.74) is 1.06. The first-order valence-corrected chi connectivity index (χ1v) is 7.25. The number of likely N-dealkylation sites (N-methyl/N-ethyl adjacent to an activating group) is 1. The van der Waals surface area contributed by atoms with E-state index >= 15 is 0 Å². The van der Waals surface area contributed by atoms with Crippen LogP contribution in [0.5, 0.6) is 5.75 Å². The number of rotatable bonds is 6. The summed E-state index contributed by atoms with van der Waals surface area (Å²) >= 11 is 5.95. The average Bonchev–Trinajstić information content (AvgIpc) is 2.36. The molecule has 0 aliphatic heterocycles. The van der Waals surface area contributed by atoms with Crippen LogP contribution in [0.3, 0.4) is 0 Å². The van der Waals surface area contributed by atoms with E-state index in [2.05, 4.69) is 12.2 Å². The molecule has 0 radical (unpaired) electrons. The zero-order valence-corrected chi connectivity index (χ0v) is 12.5. The Kier molecular flexibility index (Phi) is 5.08. The lowest BCUT2D eigenvalue weighted by Crippen LogP contribution is -2.60. The first-order valence-electron chi connectivity index (χ1n) is 6.87. The zero-order chi connectivity index (χ0) is 13.8. The Morgan fingerprint density at radius 3 is 2.84 bits per heavy atom. The van der Waals surface area contributed by atoms with Crippen LogP contribution in [0.15, 0.2) is 18.2 Å². The number of hydrogen-bond acceptors (Lipinski definition) is 3. The molecular weight excluding hydrogens is 262 g/mol. The molecule has 0 aromatic heterocycles. The molecule has 3 atom stereocenters. The number of halogens is 1. The molecule has 1 aliphatic rings. The third-order valence-electron chi connectivity index (χ3n) is 3.55. The van der Waals surface area contributed by atoms with Gasteiger partial charge in [-0.2, -0.15) is 0 Å². The quantitative estimate of drug-likeness (QED) is 0.870. The van der Waals surface area contributed by atoms with Gasteiger partial charge in [0.15, 0.2) is 0 Å². The van der Waals surface area contributed by atoms with E-state index in [1.165, 1.54) is 0 Å². The molecule has 0 bridgehead atoms. The molecular formula is C15H22ClNO2. The lowest BCUT2D eigenvalue weighted by atomic mass is 9.85. The third-order valence-corrected chi connectivity index (χ3v) is 3.78. The Balaban J connectivity index is 1.98. The smallest absolute Gasteiger partial charge is 0.128 e. The normalized spacial score (nSPS) is 26.0. The van der Waals surface area contributed by atoms with Crippen molar-refractivity contribution in [3.05, 3.63) is 28.8 Å². The predicted molar refractivity (Wildman–Crippen MR) is 78.1 cm³/mol. The zero-order valence-electron chi connectivity index (χ0n) is 11.8. The number of nitrogens with one attached hydrogen (secondary N) is 1. The van der Waals surface area contributed by atoms with Crippen LogP contribution in [0.25, 0.3) is 0 Å². The van der Waals surface area contributed by atoms with E-state index in [9.17, 15) is 0 Å². The molecule has 19 heavy (non-hydrogen) atoms. The van der Waals surface area contributed by atoms with Crippen LogP contribution in [0.1, 0.15) is 25.3 Å². The molecule has 0 heterocycles. The van der Waals surface area contributed by atoms with Crippen molar-refractivity contribution in [2.75, 3.05) is 13.7 Å². The minimum absolute atomic E-state index is 0.129. The van der Waals surface area contributed by atoms with Gasteiger partial charge in [-0.05, 0) is 44.2 Å². The Morgan fingerprint density at radius 1 is 1.42 bits per heavy atom. The van der Waals surface area contributed by atoms with E-state index in [4.69, 9.17) is 21.1 Å². The molecule has 0 saturated heterocycles. The first-order chi connectivity index (χ1) is 9.15. The van der Waals surface area contributed by atoms with Crippen LogP contribution in [0.2, 0.25) is 5.02 Å². The van der Waals surface area contributed by atoms with E-state index in [-0.39, 0.29) is 12.2 Å². The molecule has 0 amide bonds. The Labute approximate surface area is 120 Å². The summed E-state index contributed by atoms with van der Waals surface area (Å²) in [4.78, 5) is 0. The molecule has 1 aromatic rings. The van der Waals surface area contributed by atoms with E-state index in [0.29, 0.717) is 6.04 Å². The summed E-state index contributed by atoms with van der Waals surface area (Å²) in [5.74, 6) is 0.897. The fourth-order valence-electron chi connectivity index (χ4n) is 2.36. The van der Waals surface area contributed by atoms with Crippen molar-refractivity contribution < 1.29 is 9.47 Å². The second kappa shape index (κ2) is 6.60. The molecule has 4 heteroatoms. The predicted octanol–water partition coefficient (Wildman–Crippen LogP) is 3.18. The Bertz CT molecular complexity index is 425. The van der Waals surface area contributed by atoms with Crippen molar-refractivity contribution in [3.8, 4) is 5.75 Å². The number of ether oxygens (including phenoxy) is 2. The molecule has 1 aromatic carbocycles. The molecule has 3 unspecified atom stereocenters. The molecule has 1 aliphatic carbocycles. The highest BCUT2D eigenvalue weighted by atomic mass is 35.5. The number of aryl methyl sites for hydroxylation is 1. The van der Waals surface area contributed by atoms with E-state index in [1.807, 2.05) is 32.2 Å². The van der Waals surface area contributed by atoms with Crippen molar-refractivity contribution in [3.63, 3.8) is 0 Å². The topological polar surface area (TPSA) is 30.5 Å². The van der Waals surface area contributed by atoms with Crippen molar-refractivity contribution in [1.82, 2.24) is 5.32 Å². The molecule has 1 fully saturated rings. The van der Waals surface area contributed by atoms with Crippen LogP contribution in [0, 0.1) is 6.92 Å². The van der Waals surface area contributed by atoms with E-state index in [1.54, 1.807) is 0 Å². The van der Waals surface area contributed by atoms with E-state index < -0.39 is 0 Å². The van der Waals surface area contributed by atoms with Gasteiger partial charge in [0.2, 0.25) is 0 Å². The summed E-state index contributed by atoms with van der Waals surface area (Å²) in [5, 5.41) is 4.01. The minimum Gasteiger partial charge on any atom is -0.487 e. The summed E-state index contributed by atoms with van der Waals surface area (Å²) in [6, 6.07) is 6.11. The highest BCUT2D eigenvalue weighted by molar-refractivity contribution is 6.30. The second-order valence-electron chi connectivity index (χ2n) is 5.03. The van der Waals surface area contributed by atoms with Gasteiger partial charge in [-0.15, -0.1) is 0 Å². The largest absolute Gasteiger partial charge is 0.487 e. The molecule has 1 N–H and O–H groups in total. The maximum absolute atomic E-state index is 6.05. The summed E-state index contributed by atoms with van der Waals surface area (Å²) in [6.45, 7) is 4.91. The van der Waals surface area contributed by atoms with Crippen LogP contribution in [-0.4, -0.2) is 31.9 Å². The summed E-state index contributed by atoms with van der Waals surface area (Å²) < 4.78 is 11.9. The van der Waals surface area contributed by atoms with Gasteiger partial charge in [-0.25, -0.2) is 0 Å². The molecule has 106 valence electrons. The summed E-state index contributed by atoms with van der Waals surface area (Å²) in [6.07, 6.45) is 2.27. The minimum atomic E-state index is 0.129. The van der Waals surface area contributed by atoms with Gasteiger partial charge in [-0.3, -0.25) is 0 Å². The van der Waals surface area contributed by atoms with Gasteiger partial charge in [0.1, 0.15) is 18.0 Å². The van der Waals surface area contributed by atoms with Crippen LogP contribution >= 0.6 is 11.6 Å². The standard InChI is InChI=1S/C15H22ClNO2/c1-4-7-18-15-12(17-3)9-14(15)19-13-6-5-11(16)8-10(13)2/h5-6,8,12,14-15,17H,4,7,9H2,1-3H3. The van der Waals surface area contributed by atoms with Gasteiger partial charge in [-0.1, -0.05) is 18.5 Å². The fourth-order valence-corrected chi connectivity index (χ4v) is 2.59. The van der Waals surface area contributed by atoms with Gasteiger partial charge in [0.25, 0.3) is 0 Å². The SMILES string of the molecule is CCCOC1C(NC)CC1Oc1ccc(Cl)cc1C. The van der Waals surface area contributed by atoms with Gasteiger partial charge in [0.05, 0.1) is 0 Å². The maximum atomic E-state index is 6.05.